The van der Waals surface area contributed by atoms with Crippen LogP contribution in [0.1, 0.15) is 30.5 Å². The number of nitrogens with two attached hydrogens (primary N) is 1. The van der Waals surface area contributed by atoms with E-state index in [1.54, 1.807) is 4.57 Å². The minimum Gasteiger partial charge on any atom is -0.341 e. The Balaban J connectivity index is 2.02. The van der Waals surface area contributed by atoms with Gasteiger partial charge in [0.15, 0.2) is 0 Å². The van der Waals surface area contributed by atoms with Gasteiger partial charge in [-0.15, -0.1) is 0 Å². The van der Waals surface area contributed by atoms with Gasteiger partial charge in [0.1, 0.15) is 0 Å². The molecule has 1 atom stereocenters. The molecule has 1 aliphatic heterocycles. The highest BCUT2D eigenvalue weighted by molar-refractivity contribution is 5.37. The summed E-state index contributed by atoms with van der Waals surface area (Å²) in [4.78, 5) is 19.1. The van der Waals surface area contributed by atoms with Crippen LogP contribution in [0.4, 0.5) is 5.95 Å². The first-order chi connectivity index (χ1) is 8.66. The quantitative estimate of drug-likeness (QED) is 0.771. The highest BCUT2D eigenvalue weighted by atomic mass is 16.1. The lowest BCUT2D eigenvalue weighted by Gasteiger charge is -2.32. The summed E-state index contributed by atoms with van der Waals surface area (Å²) in [6.45, 7) is 1.76. The van der Waals surface area contributed by atoms with Crippen molar-refractivity contribution < 1.29 is 0 Å². The summed E-state index contributed by atoms with van der Waals surface area (Å²) >= 11 is 0. The fraction of sp³-hybridized carbons (Fsp3) is 0.692. The Morgan fingerprint density at radius 3 is 2.94 bits per heavy atom. The number of aryl methyl sites for hydroxylation is 1. The van der Waals surface area contributed by atoms with Crippen molar-refractivity contribution in [3.05, 3.63) is 21.6 Å². The van der Waals surface area contributed by atoms with Gasteiger partial charge in [-0.1, -0.05) is 0 Å². The molecular formula is C13H20N4O. The van der Waals surface area contributed by atoms with Crippen LogP contribution >= 0.6 is 0 Å². The number of rotatable bonds is 1. The Morgan fingerprint density at radius 2 is 2.17 bits per heavy atom. The number of hydrogen-bond acceptors (Lipinski definition) is 4. The van der Waals surface area contributed by atoms with Crippen LogP contribution in [0, 0.1) is 0 Å². The summed E-state index contributed by atoms with van der Waals surface area (Å²) in [5.74, 6) is 0.802. The van der Waals surface area contributed by atoms with Gasteiger partial charge in [-0.3, -0.25) is 9.36 Å². The Labute approximate surface area is 107 Å². The first-order valence-corrected chi connectivity index (χ1v) is 6.76. The Kier molecular flexibility index (Phi) is 2.86. The first kappa shape index (κ1) is 11.7. The van der Waals surface area contributed by atoms with Gasteiger partial charge in [-0.25, -0.2) is 4.98 Å². The SMILES string of the molecule is Cn1c(N2CCCC(N)C2)nc2c(c1=O)CCC2. The predicted molar refractivity (Wildman–Crippen MR) is 70.9 cm³/mol. The summed E-state index contributed by atoms with van der Waals surface area (Å²) < 4.78 is 1.70. The van der Waals surface area contributed by atoms with E-state index in [9.17, 15) is 4.79 Å². The van der Waals surface area contributed by atoms with Gasteiger partial charge in [0, 0.05) is 31.7 Å². The summed E-state index contributed by atoms with van der Waals surface area (Å²) in [5, 5.41) is 0. The summed E-state index contributed by atoms with van der Waals surface area (Å²) in [5.41, 5.74) is 8.06. The molecule has 2 heterocycles. The first-order valence-electron chi connectivity index (χ1n) is 6.76. The molecule has 0 aromatic carbocycles. The van der Waals surface area contributed by atoms with E-state index in [0.29, 0.717) is 0 Å². The molecule has 1 aliphatic carbocycles. The standard InChI is InChI=1S/C13H20N4O/c1-16-12(18)10-5-2-6-11(10)15-13(16)17-7-3-4-9(14)8-17/h9H,2-8,14H2,1H3. The van der Waals surface area contributed by atoms with Crippen LogP contribution in [0.25, 0.3) is 0 Å². The number of aromatic nitrogens is 2. The summed E-state index contributed by atoms with van der Waals surface area (Å²) in [7, 11) is 1.82. The largest absolute Gasteiger partial charge is 0.341 e. The lowest BCUT2D eigenvalue weighted by molar-refractivity contribution is 0.492. The van der Waals surface area contributed by atoms with Gasteiger partial charge in [0.25, 0.3) is 5.56 Å². The van der Waals surface area contributed by atoms with Crippen molar-refractivity contribution in [1.29, 1.82) is 0 Å². The molecule has 2 aliphatic rings. The van der Waals surface area contributed by atoms with Gasteiger partial charge in [-0.05, 0) is 32.1 Å². The van der Waals surface area contributed by atoms with Gasteiger partial charge in [0.05, 0.1) is 5.69 Å². The molecule has 1 aromatic heterocycles. The van der Waals surface area contributed by atoms with Gasteiger partial charge >= 0.3 is 0 Å². The second-order valence-electron chi connectivity index (χ2n) is 5.40. The third-order valence-electron chi connectivity index (χ3n) is 4.03. The Hall–Kier alpha value is -1.36. The number of nitrogens with zero attached hydrogens (tertiary/aromatic N) is 3. The molecule has 2 N–H and O–H groups in total. The van der Waals surface area contributed by atoms with E-state index in [2.05, 4.69) is 4.90 Å². The van der Waals surface area contributed by atoms with Gasteiger partial charge in [-0.2, -0.15) is 0 Å². The van der Waals surface area contributed by atoms with Crippen LogP contribution in [0.15, 0.2) is 4.79 Å². The molecule has 1 aromatic rings. The second-order valence-corrected chi connectivity index (χ2v) is 5.40. The fourth-order valence-corrected chi connectivity index (χ4v) is 3.04. The molecule has 5 nitrogen and oxygen atoms in total. The minimum atomic E-state index is 0.131. The predicted octanol–water partition coefficient (Wildman–Crippen LogP) is 0.197. The van der Waals surface area contributed by atoms with Gasteiger partial charge < -0.3 is 10.6 Å². The van der Waals surface area contributed by atoms with E-state index in [4.69, 9.17) is 10.7 Å². The van der Waals surface area contributed by atoms with Crippen molar-refractivity contribution in [2.24, 2.45) is 12.8 Å². The van der Waals surface area contributed by atoms with Gasteiger partial charge in [0.2, 0.25) is 5.95 Å². The third kappa shape index (κ3) is 1.82. The third-order valence-corrected chi connectivity index (χ3v) is 4.03. The molecule has 1 unspecified atom stereocenters. The van der Waals surface area contributed by atoms with E-state index >= 15 is 0 Å². The molecular weight excluding hydrogens is 228 g/mol. The lowest BCUT2D eigenvalue weighted by atomic mass is 10.1. The monoisotopic (exact) mass is 248 g/mol. The summed E-state index contributed by atoms with van der Waals surface area (Å²) in [6.07, 6.45) is 5.02. The van der Waals surface area contributed by atoms with Crippen LogP contribution in [0.2, 0.25) is 0 Å². The Morgan fingerprint density at radius 1 is 1.33 bits per heavy atom. The number of piperidine rings is 1. The molecule has 0 spiro atoms. The summed E-state index contributed by atoms with van der Waals surface area (Å²) in [6, 6.07) is 0.198. The molecule has 1 saturated heterocycles. The van der Waals surface area contributed by atoms with Crippen LogP contribution in [-0.2, 0) is 19.9 Å². The molecule has 98 valence electrons. The molecule has 0 saturated carbocycles. The zero-order valence-electron chi connectivity index (χ0n) is 10.9. The van der Waals surface area contributed by atoms with Crippen molar-refractivity contribution in [1.82, 2.24) is 9.55 Å². The van der Waals surface area contributed by atoms with Crippen molar-refractivity contribution in [3.63, 3.8) is 0 Å². The fourth-order valence-electron chi connectivity index (χ4n) is 3.04. The Bertz CT molecular complexity index is 522. The average Bonchev–Trinajstić information content (AvgIpc) is 2.82. The van der Waals surface area contributed by atoms with Crippen molar-refractivity contribution in [2.75, 3.05) is 18.0 Å². The number of hydrogen-bond donors (Lipinski definition) is 1. The molecule has 0 bridgehead atoms. The van der Waals surface area contributed by atoms with E-state index in [1.807, 2.05) is 7.05 Å². The van der Waals surface area contributed by atoms with E-state index in [1.165, 1.54) is 0 Å². The maximum atomic E-state index is 12.3. The van der Waals surface area contributed by atoms with E-state index < -0.39 is 0 Å². The maximum Gasteiger partial charge on any atom is 0.258 e. The topological polar surface area (TPSA) is 64.2 Å². The normalized spacial score (nSPS) is 23.2. The zero-order valence-corrected chi connectivity index (χ0v) is 10.9. The van der Waals surface area contributed by atoms with Crippen LogP contribution in [0.5, 0.6) is 0 Å². The van der Waals surface area contributed by atoms with E-state index in [0.717, 1.165) is 62.4 Å². The minimum absolute atomic E-state index is 0.131. The zero-order chi connectivity index (χ0) is 12.7. The molecule has 18 heavy (non-hydrogen) atoms. The van der Waals surface area contributed by atoms with E-state index in [-0.39, 0.29) is 11.6 Å². The molecule has 1 fully saturated rings. The number of fused-ring (bicyclic) bond motifs is 1. The molecule has 5 heteroatoms. The average molecular weight is 248 g/mol. The second kappa shape index (κ2) is 4.39. The highest BCUT2D eigenvalue weighted by Crippen LogP contribution is 2.21. The van der Waals surface area contributed by atoms with Crippen molar-refractivity contribution in [3.8, 4) is 0 Å². The maximum absolute atomic E-state index is 12.3. The molecule has 0 radical (unpaired) electrons. The lowest BCUT2D eigenvalue weighted by Crippen LogP contribution is -2.45. The van der Waals surface area contributed by atoms with Crippen LogP contribution in [-0.4, -0.2) is 28.7 Å². The van der Waals surface area contributed by atoms with Crippen LogP contribution in [0.3, 0.4) is 0 Å². The van der Waals surface area contributed by atoms with Crippen molar-refractivity contribution >= 4 is 5.95 Å². The molecule has 3 rings (SSSR count). The van der Waals surface area contributed by atoms with Crippen molar-refractivity contribution in [2.45, 2.75) is 38.1 Å². The van der Waals surface area contributed by atoms with Crippen LogP contribution < -0.4 is 16.2 Å². The highest BCUT2D eigenvalue weighted by Gasteiger charge is 2.24. The smallest absolute Gasteiger partial charge is 0.258 e. The molecule has 0 amide bonds. The number of anilines is 1.